The van der Waals surface area contributed by atoms with E-state index in [1.807, 2.05) is 77.3 Å². The van der Waals surface area contributed by atoms with Crippen LogP contribution in [0.25, 0.3) is 0 Å². The standard InChI is InChI=1S/C36H49N5O6S2/c1-23(2)19-40(49(45,46)30-12-13-33-28(18-30)16-25(5)47-33)21-32(42)31(17-27-10-8-7-9-11-27)38-35(43)34(24(3)4)41-15-14-39(36(41)44)20-29-22-48-26(6)37-29/h7-13,18,22-25,31-32,34,42H,14-17,19-21H2,1-6H3,(H,38,43)/t25?,31-,32+,34-/m0/s1. The second-order valence-corrected chi connectivity index (χ2v) is 16.9. The normalized spacial score (nSPS) is 18.2. The molecule has 49 heavy (non-hydrogen) atoms. The summed E-state index contributed by atoms with van der Waals surface area (Å²) >= 11 is 1.53. The molecule has 5 rings (SSSR count). The molecule has 266 valence electrons. The highest BCUT2D eigenvalue weighted by atomic mass is 32.2. The van der Waals surface area contributed by atoms with E-state index in [0.717, 1.165) is 21.8 Å². The molecular formula is C36H49N5O6S2. The third kappa shape index (κ3) is 8.80. The lowest BCUT2D eigenvalue weighted by molar-refractivity contribution is -0.128. The number of rotatable bonds is 15. The predicted molar refractivity (Wildman–Crippen MR) is 190 cm³/mol. The minimum absolute atomic E-state index is 0.0236. The van der Waals surface area contributed by atoms with Crippen LogP contribution >= 0.6 is 11.3 Å². The Bertz CT molecular complexity index is 1710. The smallest absolute Gasteiger partial charge is 0.321 e. The molecule has 0 saturated carbocycles. The zero-order valence-corrected chi connectivity index (χ0v) is 30.8. The second kappa shape index (κ2) is 15.6. The first-order valence-electron chi connectivity index (χ1n) is 17.0. The highest BCUT2D eigenvalue weighted by molar-refractivity contribution is 7.89. The van der Waals surface area contributed by atoms with E-state index in [2.05, 4.69) is 10.3 Å². The summed E-state index contributed by atoms with van der Waals surface area (Å²) in [6.45, 7) is 12.7. The Labute approximate surface area is 294 Å². The Morgan fingerprint density at radius 3 is 2.51 bits per heavy atom. The van der Waals surface area contributed by atoms with Crippen molar-refractivity contribution in [2.24, 2.45) is 11.8 Å². The van der Waals surface area contributed by atoms with Crippen molar-refractivity contribution in [2.45, 2.75) is 90.1 Å². The molecule has 4 atom stereocenters. The molecule has 11 nitrogen and oxygen atoms in total. The van der Waals surface area contributed by atoms with Crippen LogP contribution in [0.5, 0.6) is 5.75 Å². The van der Waals surface area contributed by atoms with Crippen LogP contribution in [0.2, 0.25) is 0 Å². The number of urea groups is 1. The van der Waals surface area contributed by atoms with Gasteiger partial charge in [0.25, 0.3) is 0 Å². The maximum Gasteiger partial charge on any atom is 0.321 e. The number of sulfonamides is 1. The quantitative estimate of drug-likeness (QED) is 0.238. The number of amides is 3. The van der Waals surface area contributed by atoms with Crippen molar-refractivity contribution in [1.29, 1.82) is 0 Å². The monoisotopic (exact) mass is 711 g/mol. The first kappa shape index (κ1) is 36.8. The summed E-state index contributed by atoms with van der Waals surface area (Å²) in [4.78, 5) is 35.6. The van der Waals surface area contributed by atoms with Crippen molar-refractivity contribution in [2.75, 3.05) is 26.2 Å². The molecule has 2 N–H and O–H groups in total. The topological polar surface area (TPSA) is 132 Å². The molecule has 3 aromatic rings. The highest BCUT2D eigenvalue weighted by Gasteiger charge is 2.41. The van der Waals surface area contributed by atoms with Crippen molar-refractivity contribution in [3.63, 3.8) is 0 Å². The third-order valence-electron chi connectivity index (χ3n) is 8.94. The van der Waals surface area contributed by atoms with Gasteiger partial charge < -0.3 is 25.0 Å². The van der Waals surface area contributed by atoms with Crippen LogP contribution in [0.1, 0.15) is 56.4 Å². The molecule has 2 aliphatic heterocycles. The van der Waals surface area contributed by atoms with Gasteiger partial charge in [-0.3, -0.25) is 4.79 Å². The maximum atomic E-state index is 14.1. The minimum Gasteiger partial charge on any atom is -0.490 e. The van der Waals surface area contributed by atoms with Crippen LogP contribution < -0.4 is 10.1 Å². The molecule has 0 aliphatic carbocycles. The summed E-state index contributed by atoms with van der Waals surface area (Å²) in [5, 5.41) is 17.7. The Kier molecular flexibility index (Phi) is 11.7. The van der Waals surface area contributed by atoms with Gasteiger partial charge in [-0.05, 0) is 61.4 Å². The average molecular weight is 712 g/mol. The van der Waals surface area contributed by atoms with Gasteiger partial charge >= 0.3 is 6.03 Å². The number of benzene rings is 2. The van der Waals surface area contributed by atoms with E-state index in [-0.39, 0.29) is 54.3 Å². The van der Waals surface area contributed by atoms with Crippen LogP contribution in [0.15, 0.2) is 58.8 Å². The van der Waals surface area contributed by atoms with E-state index in [0.29, 0.717) is 31.8 Å². The number of hydrogen-bond acceptors (Lipinski definition) is 8. The van der Waals surface area contributed by atoms with Crippen molar-refractivity contribution < 1.29 is 27.9 Å². The zero-order chi connectivity index (χ0) is 35.5. The molecule has 0 radical (unpaired) electrons. The number of ether oxygens (including phenoxy) is 1. The van der Waals surface area contributed by atoms with Gasteiger partial charge in [0.15, 0.2) is 0 Å². The summed E-state index contributed by atoms with van der Waals surface area (Å²) in [7, 11) is -4.00. The molecule has 2 aromatic carbocycles. The number of thiazole rings is 1. The molecule has 1 aromatic heterocycles. The summed E-state index contributed by atoms with van der Waals surface area (Å²) in [5.41, 5.74) is 2.53. The third-order valence-corrected chi connectivity index (χ3v) is 11.6. The fourth-order valence-electron chi connectivity index (χ4n) is 6.63. The number of aromatic nitrogens is 1. The van der Waals surface area contributed by atoms with Gasteiger partial charge in [0.05, 0.1) is 34.3 Å². The molecule has 1 saturated heterocycles. The van der Waals surface area contributed by atoms with E-state index in [1.165, 1.54) is 15.6 Å². The highest BCUT2D eigenvalue weighted by Crippen LogP contribution is 2.32. The van der Waals surface area contributed by atoms with Crippen LogP contribution in [0.3, 0.4) is 0 Å². The van der Waals surface area contributed by atoms with Crippen LogP contribution in [0.4, 0.5) is 4.79 Å². The number of fused-ring (bicyclic) bond motifs is 1. The van der Waals surface area contributed by atoms with Crippen LogP contribution in [-0.4, -0.2) is 95.0 Å². The fraction of sp³-hybridized carbons (Fsp3) is 0.528. The Hall–Kier alpha value is -3.52. The SMILES string of the molecule is Cc1nc(CN2CCN([C@H](C(=O)N[C@@H](Cc3ccccc3)[C@H](O)CN(CC(C)C)S(=O)(=O)c3ccc4c(c3)CC(C)O4)C(C)C)C2=O)cs1. The summed E-state index contributed by atoms with van der Waals surface area (Å²) < 4.78 is 35.3. The van der Waals surface area contributed by atoms with Gasteiger partial charge in [0, 0.05) is 38.0 Å². The fourth-order valence-corrected chi connectivity index (χ4v) is 8.90. The first-order valence-corrected chi connectivity index (χ1v) is 19.3. The van der Waals surface area contributed by atoms with Gasteiger partial charge in [-0.1, -0.05) is 58.0 Å². The van der Waals surface area contributed by atoms with Crippen LogP contribution in [-0.2, 0) is 34.2 Å². The molecule has 0 spiro atoms. The molecule has 3 amide bonds. The van der Waals surface area contributed by atoms with Crippen LogP contribution in [0, 0.1) is 18.8 Å². The van der Waals surface area contributed by atoms with Gasteiger partial charge in [-0.15, -0.1) is 11.3 Å². The lowest BCUT2D eigenvalue weighted by Crippen LogP contribution is -2.57. The van der Waals surface area contributed by atoms with E-state index in [9.17, 15) is 23.1 Å². The molecule has 1 fully saturated rings. The van der Waals surface area contributed by atoms with Crippen molar-refractivity contribution in [3.05, 3.63) is 75.7 Å². The number of aliphatic hydroxyl groups is 1. The molecule has 13 heteroatoms. The number of nitrogens with zero attached hydrogens (tertiary/aromatic N) is 4. The first-order chi connectivity index (χ1) is 23.2. The van der Waals surface area contributed by atoms with E-state index in [1.54, 1.807) is 28.0 Å². The number of carbonyl (C=O) groups excluding carboxylic acids is 2. The minimum atomic E-state index is -4.00. The summed E-state index contributed by atoms with van der Waals surface area (Å²) in [5.74, 6) is 0.0552. The number of hydrogen-bond donors (Lipinski definition) is 2. The Morgan fingerprint density at radius 2 is 1.86 bits per heavy atom. The molecule has 3 heterocycles. The Balaban J connectivity index is 1.37. The van der Waals surface area contributed by atoms with Gasteiger partial charge in [0.1, 0.15) is 17.9 Å². The molecular weight excluding hydrogens is 663 g/mol. The maximum absolute atomic E-state index is 14.1. The van der Waals surface area contributed by atoms with E-state index < -0.39 is 28.2 Å². The van der Waals surface area contributed by atoms with Crippen molar-refractivity contribution in [1.82, 2.24) is 24.4 Å². The number of aliphatic hydroxyl groups excluding tert-OH is 1. The molecule has 1 unspecified atom stereocenters. The van der Waals surface area contributed by atoms with Crippen molar-refractivity contribution in [3.8, 4) is 5.75 Å². The van der Waals surface area contributed by atoms with E-state index in [4.69, 9.17) is 4.74 Å². The lowest BCUT2D eigenvalue weighted by atomic mass is 9.97. The number of nitrogens with one attached hydrogen (secondary N) is 1. The van der Waals surface area contributed by atoms with Gasteiger partial charge in [0.2, 0.25) is 15.9 Å². The summed E-state index contributed by atoms with van der Waals surface area (Å²) in [6.07, 6.45) is -0.386. The second-order valence-electron chi connectivity index (χ2n) is 13.9. The molecule has 0 bridgehead atoms. The van der Waals surface area contributed by atoms with Gasteiger partial charge in [-0.25, -0.2) is 18.2 Å². The van der Waals surface area contributed by atoms with Crippen molar-refractivity contribution >= 4 is 33.3 Å². The molecule has 2 aliphatic rings. The number of carbonyl (C=O) groups is 2. The predicted octanol–water partition coefficient (Wildman–Crippen LogP) is 4.47. The lowest BCUT2D eigenvalue weighted by Gasteiger charge is -2.34. The zero-order valence-electron chi connectivity index (χ0n) is 29.2. The largest absolute Gasteiger partial charge is 0.490 e. The summed E-state index contributed by atoms with van der Waals surface area (Å²) in [6, 6.07) is 12.5. The van der Waals surface area contributed by atoms with Gasteiger partial charge in [-0.2, -0.15) is 4.31 Å². The number of aryl methyl sites for hydroxylation is 1. The van der Waals surface area contributed by atoms with E-state index >= 15 is 0 Å². The Morgan fingerprint density at radius 1 is 1.12 bits per heavy atom. The average Bonchev–Trinajstić information content (AvgIpc) is 3.73.